The Hall–Kier alpha value is -4.05. The molecule has 0 atom stereocenters. The molecule has 3 aromatic heterocycles. The number of carbonyl (C=O) groups is 1. The minimum absolute atomic E-state index is 0.0331. The van der Waals surface area contributed by atoms with Gasteiger partial charge in [0, 0.05) is 36.3 Å². The molecule has 0 unspecified atom stereocenters. The number of nitrogens with two attached hydrogens (primary N) is 1. The van der Waals surface area contributed by atoms with Gasteiger partial charge in [-0.25, -0.2) is 15.0 Å². The van der Waals surface area contributed by atoms with Gasteiger partial charge < -0.3 is 25.9 Å². The number of nitrogens with zero attached hydrogens (tertiary/aromatic N) is 4. The first-order valence-electron chi connectivity index (χ1n) is 8.74. The molecule has 0 radical (unpaired) electrons. The number of aliphatic hydroxyl groups excluding tert-OH is 1. The van der Waals surface area contributed by atoms with Crippen molar-refractivity contribution in [2.45, 2.75) is 0 Å². The minimum Gasteiger partial charge on any atom is -0.423 e. The molecule has 3 heterocycles. The predicted molar refractivity (Wildman–Crippen MR) is 107 cm³/mol. The van der Waals surface area contributed by atoms with E-state index < -0.39 is 0 Å². The van der Waals surface area contributed by atoms with Crippen molar-refractivity contribution in [3.63, 3.8) is 0 Å². The van der Waals surface area contributed by atoms with Crippen LogP contribution in [0.5, 0.6) is 0 Å². The second-order valence-electron chi connectivity index (χ2n) is 6.04. The first kappa shape index (κ1) is 18.3. The molecule has 0 saturated heterocycles. The monoisotopic (exact) mass is 391 g/mol. The average Bonchev–Trinajstić information content (AvgIpc) is 3.15. The lowest BCUT2D eigenvalue weighted by Crippen LogP contribution is -2.13. The maximum atomic E-state index is 12.6. The standard InChI is InChI=1S/C19H17N7O3/c20-18-22-9-11(10-23-18)13-2-1-3-15(25-13)17(28)24-12-4-5-14-16(8-12)29-19(26-14)21-6-7-27/h1-5,8-10,27H,6-7H2,(H,21,26)(H,24,28)(H2,20,22,23). The number of fused-ring (bicyclic) bond motifs is 1. The SMILES string of the molecule is Nc1ncc(-c2cccc(C(=O)Nc3ccc4nc(NCCO)oc4c3)n2)cn1. The van der Waals surface area contributed by atoms with Crippen molar-refractivity contribution in [2.24, 2.45) is 0 Å². The second-order valence-corrected chi connectivity index (χ2v) is 6.04. The molecular weight excluding hydrogens is 374 g/mol. The van der Waals surface area contributed by atoms with Crippen molar-refractivity contribution in [3.8, 4) is 11.3 Å². The van der Waals surface area contributed by atoms with Crippen molar-refractivity contribution in [3.05, 3.63) is 54.5 Å². The highest BCUT2D eigenvalue weighted by Gasteiger charge is 2.12. The second kappa shape index (κ2) is 7.90. The lowest BCUT2D eigenvalue weighted by molar-refractivity contribution is 0.102. The van der Waals surface area contributed by atoms with E-state index in [-0.39, 0.29) is 24.2 Å². The van der Waals surface area contributed by atoms with Gasteiger partial charge in [-0.15, -0.1) is 0 Å². The van der Waals surface area contributed by atoms with Crippen LogP contribution in [0.2, 0.25) is 0 Å². The van der Waals surface area contributed by atoms with Crippen LogP contribution in [-0.2, 0) is 0 Å². The fourth-order valence-corrected chi connectivity index (χ4v) is 2.63. The van der Waals surface area contributed by atoms with Gasteiger partial charge >= 0.3 is 0 Å². The number of pyridine rings is 1. The molecule has 0 bridgehead atoms. The van der Waals surface area contributed by atoms with E-state index >= 15 is 0 Å². The summed E-state index contributed by atoms with van der Waals surface area (Å²) in [6.45, 7) is 0.298. The number of rotatable bonds is 6. The Kier molecular flexibility index (Phi) is 4.99. The fourth-order valence-electron chi connectivity index (χ4n) is 2.63. The van der Waals surface area contributed by atoms with E-state index in [0.717, 1.165) is 0 Å². The highest BCUT2D eigenvalue weighted by Crippen LogP contribution is 2.23. The molecule has 1 aromatic carbocycles. The summed E-state index contributed by atoms with van der Waals surface area (Å²) in [6.07, 6.45) is 3.10. The third-order valence-electron chi connectivity index (χ3n) is 3.98. The normalized spacial score (nSPS) is 10.8. The number of aliphatic hydroxyl groups is 1. The van der Waals surface area contributed by atoms with E-state index in [1.807, 2.05) is 0 Å². The van der Waals surface area contributed by atoms with Crippen LogP contribution < -0.4 is 16.4 Å². The van der Waals surface area contributed by atoms with Crippen LogP contribution in [0.4, 0.5) is 17.7 Å². The summed E-state index contributed by atoms with van der Waals surface area (Å²) in [5, 5.41) is 14.5. The van der Waals surface area contributed by atoms with Gasteiger partial charge in [0.1, 0.15) is 11.2 Å². The van der Waals surface area contributed by atoms with E-state index in [2.05, 4.69) is 30.6 Å². The number of benzene rings is 1. The number of aromatic nitrogens is 4. The van der Waals surface area contributed by atoms with Crippen LogP contribution in [0.15, 0.2) is 53.2 Å². The maximum Gasteiger partial charge on any atom is 0.295 e. The van der Waals surface area contributed by atoms with Gasteiger partial charge in [-0.05, 0) is 24.3 Å². The molecule has 1 amide bonds. The number of nitrogen functional groups attached to an aromatic ring is 1. The molecule has 146 valence electrons. The Labute approximate surface area is 164 Å². The zero-order chi connectivity index (χ0) is 20.2. The Morgan fingerprint density at radius 1 is 1.14 bits per heavy atom. The molecule has 0 saturated carbocycles. The third-order valence-corrected chi connectivity index (χ3v) is 3.98. The first-order chi connectivity index (χ1) is 14.1. The molecule has 0 fully saturated rings. The summed E-state index contributed by atoms with van der Waals surface area (Å²) in [7, 11) is 0. The number of nitrogens with one attached hydrogen (secondary N) is 2. The summed E-state index contributed by atoms with van der Waals surface area (Å²) in [5.41, 5.74) is 8.62. The van der Waals surface area contributed by atoms with Gasteiger partial charge in [0.05, 0.1) is 12.3 Å². The number of oxazole rings is 1. The van der Waals surface area contributed by atoms with Crippen LogP contribution in [0.1, 0.15) is 10.5 Å². The van der Waals surface area contributed by atoms with Gasteiger partial charge in [-0.3, -0.25) is 4.79 Å². The lowest BCUT2D eigenvalue weighted by Gasteiger charge is -2.06. The minimum atomic E-state index is -0.374. The van der Waals surface area contributed by atoms with Crippen LogP contribution in [0, 0.1) is 0 Å². The quantitative estimate of drug-likeness (QED) is 0.386. The number of hydrogen-bond donors (Lipinski definition) is 4. The summed E-state index contributed by atoms with van der Waals surface area (Å²) >= 11 is 0. The van der Waals surface area contributed by atoms with Crippen molar-refractivity contribution < 1.29 is 14.3 Å². The molecule has 0 spiro atoms. The summed E-state index contributed by atoms with van der Waals surface area (Å²) in [4.78, 5) is 29.1. The number of carbonyl (C=O) groups excluding carboxylic acids is 1. The first-order valence-corrected chi connectivity index (χ1v) is 8.74. The molecule has 0 aliphatic heterocycles. The third kappa shape index (κ3) is 4.12. The molecule has 0 aliphatic carbocycles. The Morgan fingerprint density at radius 3 is 2.76 bits per heavy atom. The number of anilines is 3. The van der Waals surface area contributed by atoms with Gasteiger partial charge in [-0.1, -0.05) is 6.07 Å². The average molecular weight is 391 g/mol. The van der Waals surface area contributed by atoms with Crippen molar-refractivity contribution in [1.29, 1.82) is 0 Å². The zero-order valence-corrected chi connectivity index (χ0v) is 15.2. The molecule has 5 N–H and O–H groups in total. The summed E-state index contributed by atoms with van der Waals surface area (Å²) < 4.78 is 5.56. The van der Waals surface area contributed by atoms with E-state index in [1.54, 1.807) is 48.8 Å². The van der Waals surface area contributed by atoms with Gasteiger partial charge in [-0.2, -0.15) is 4.98 Å². The molecule has 10 heteroatoms. The van der Waals surface area contributed by atoms with Gasteiger partial charge in [0.25, 0.3) is 11.9 Å². The van der Waals surface area contributed by atoms with E-state index in [1.165, 1.54) is 0 Å². The van der Waals surface area contributed by atoms with Crippen molar-refractivity contribution in [2.75, 3.05) is 29.5 Å². The lowest BCUT2D eigenvalue weighted by atomic mass is 10.2. The molecule has 29 heavy (non-hydrogen) atoms. The Bertz CT molecular complexity index is 1160. The smallest absolute Gasteiger partial charge is 0.295 e. The van der Waals surface area contributed by atoms with Crippen molar-refractivity contribution in [1.82, 2.24) is 19.9 Å². The van der Waals surface area contributed by atoms with Crippen LogP contribution in [0.3, 0.4) is 0 Å². The topological polar surface area (TPSA) is 152 Å². The largest absolute Gasteiger partial charge is 0.423 e. The van der Waals surface area contributed by atoms with Gasteiger partial charge in [0.2, 0.25) is 5.95 Å². The number of amides is 1. The van der Waals surface area contributed by atoms with Crippen LogP contribution in [-0.4, -0.2) is 44.1 Å². The van der Waals surface area contributed by atoms with E-state index in [0.29, 0.717) is 40.6 Å². The maximum absolute atomic E-state index is 12.6. The highest BCUT2D eigenvalue weighted by atomic mass is 16.4. The highest BCUT2D eigenvalue weighted by molar-refractivity contribution is 6.03. The van der Waals surface area contributed by atoms with Crippen LogP contribution >= 0.6 is 0 Å². The van der Waals surface area contributed by atoms with Crippen LogP contribution in [0.25, 0.3) is 22.4 Å². The predicted octanol–water partition coefficient (Wildman–Crippen LogP) is 1.92. The fraction of sp³-hybridized carbons (Fsp3) is 0.105. The molecule has 0 aliphatic rings. The molecule has 4 aromatic rings. The number of hydrogen-bond acceptors (Lipinski definition) is 9. The molecule has 10 nitrogen and oxygen atoms in total. The summed E-state index contributed by atoms with van der Waals surface area (Å²) in [5.74, 6) is -0.208. The molecule has 4 rings (SSSR count). The van der Waals surface area contributed by atoms with Crippen molar-refractivity contribution >= 4 is 34.7 Å². The summed E-state index contributed by atoms with van der Waals surface area (Å²) in [6, 6.07) is 10.5. The van der Waals surface area contributed by atoms with E-state index in [9.17, 15) is 4.79 Å². The van der Waals surface area contributed by atoms with Gasteiger partial charge in [0.15, 0.2) is 5.58 Å². The Morgan fingerprint density at radius 2 is 1.97 bits per heavy atom. The Balaban J connectivity index is 1.53. The zero-order valence-electron chi connectivity index (χ0n) is 15.2. The van der Waals surface area contributed by atoms with E-state index in [4.69, 9.17) is 15.3 Å². The molecular formula is C19H17N7O3.